The molecule has 2 heterocycles. The van der Waals surface area contributed by atoms with Crippen molar-refractivity contribution in [2.45, 2.75) is 31.4 Å². The fourth-order valence-electron chi connectivity index (χ4n) is 3.15. The third kappa shape index (κ3) is 3.52. The Bertz CT molecular complexity index is 723. The number of aliphatic hydroxyl groups is 1. The predicted molar refractivity (Wildman–Crippen MR) is 93.7 cm³/mol. The third-order valence-corrected chi connectivity index (χ3v) is 4.74. The van der Waals surface area contributed by atoms with E-state index in [0.29, 0.717) is 18.5 Å². The van der Waals surface area contributed by atoms with Crippen LogP contribution >= 0.6 is 11.6 Å². The van der Waals surface area contributed by atoms with Crippen LogP contribution < -0.4 is 5.73 Å². The molecule has 1 aromatic heterocycles. The quantitative estimate of drug-likeness (QED) is 0.892. The first-order valence-corrected chi connectivity index (χ1v) is 8.39. The van der Waals surface area contributed by atoms with Gasteiger partial charge in [0, 0.05) is 18.8 Å². The normalized spacial score (nSPS) is 18.6. The lowest BCUT2D eigenvalue weighted by atomic mass is 10.0. The van der Waals surface area contributed by atoms with Crippen LogP contribution in [0.5, 0.6) is 0 Å². The molecule has 1 saturated heterocycles. The molecule has 0 spiro atoms. The van der Waals surface area contributed by atoms with Crippen molar-refractivity contribution in [3.05, 3.63) is 58.7 Å². The van der Waals surface area contributed by atoms with Gasteiger partial charge in [0.1, 0.15) is 5.82 Å². The Balaban J connectivity index is 1.73. The molecule has 3 rings (SSSR count). The first kappa shape index (κ1) is 16.7. The minimum atomic E-state index is -0.585. The Hall–Kier alpha value is -2.11. The lowest BCUT2D eigenvalue weighted by Crippen LogP contribution is -2.36. The van der Waals surface area contributed by atoms with Crippen molar-refractivity contribution in [1.82, 2.24) is 9.88 Å². The van der Waals surface area contributed by atoms with Crippen molar-refractivity contribution < 1.29 is 9.90 Å². The summed E-state index contributed by atoms with van der Waals surface area (Å²) >= 11 is 5.97. The topological polar surface area (TPSA) is 79.5 Å². The molecule has 0 bridgehead atoms. The highest BCUT2D eigenvalue weighted by atomic mass is 35.5. The predicted octanol–water partition coefficient (Wildman–Crippen LogP) is 3.05. The fraction of sp³-hybridized carbons (Fsp3) is 0.333. The van der Waals surface area contributed by atoms with Gasteiger partial charge in [-0.15, -0.1) is 0 Å². The number of hydrogen-bond donors (Lipinski definition) is 2. The summed E-state index contributed by atoms with van der Waals surface area (Å²) in [5, 5.41) is 10.7. The van der Waals surface area contributed by atoms with E-state index in [1.165, 1.54) is 6.20 Å². The zero-order chi connectivity index (χ0) is 17.1. The van der Waals surface area contributed by atoms with E-state index in [-0.39, 0.29) is 22.8 Å². The number of carbonyl (C=O) groups excluding carboxylic acids is 1. The number of hydrogen-bond acceptors (Lipinski definition) is 4. The maximum atomic E-state index is 12.7. The maximum Gasteiger partial charge on any atom is 0.255 e. The summed E-state index contributed by atoms with van der Waals surface area (Å²) in [6.07, 6.45) is 3.19. The molecule has 2 atom stereocenters. The van der Waals surface area contributed by atoms with E-state index in [0.717, 1.165) is 18.4 Å². The standard InChI is InChI=1S/C18H20ClN3O2/c19-15-9-13(11-21-17(15)20)18(24)22-8-4-7-14(22)10-16(23)12-5-2-1-3-6-12/h1-3,5-6,9,11,14,16,23H,4,7-8,10H2,(H2,20,21). The van der Waals surface area contributed by atoms with Gasteiger partial charge in [0.05, 0.1) is 16.7 Å². The third-order valence-electron chi connectivity index (χ3n) is 4.43. The second kappa shape index (κ2) is 7.20. The van der Waals surface area contributed by atoms with Gasteiger partial charge in [-0.2, -0.15) is 0 Å². The number of halogens is 1. The van der Waals surface area contributed by atoms with Crippen LogP contribution in [0, 0.1) is 0 Å². The monoisotopic (exact) mass is 345 g/mol. The minimum absolute atomic E-state index is 0.00374. The molecule has 0 saturated carbocycles. The molecule has 0 radical (unpaired) electrons. The number of rotatable bonds is 4. The van der Waals surface area contributed by atoms with Gasteiger partial charge >= 0.3 is 0 Å². The minimum Gasteiger partial charge on any atom is -0.388 e. The SMILES string of the molecule is Nc1ncc(C(=O)N2CCCC2CC(O)c2ccccc2)cc1Cl. The molecule has 2 unspecified atom stereocenters. The van der Waals surface area contributed by atoms with E-state index in [2.05, 4.69) is 4.98 Å². The number of anilines is 1. The molecule has 3 N–H and O–H groups in total. The average molecular weight is 346 g/mol. The average Bonchev–Trinajstić information content (AvgIpc) is 3.05. The van der Waals surface area contributed by atoms with E-state index >= 15 is 0 Å². The van der Waals surface area contributed by atoms with Crippen molar-refractivity contribution in [2.24, 2.45) is 0 Å². The Labute approximate surface area is 146 Å². The van der Waals surface area contributed by atoms with Crippen LogP contribution in [0.15, 0.2) is 42.6 Å². The summed E-state index contributed by atoms with van der Waals surface area (Å²) in [5.74, 6) is 0.0952. The molecule has 1 fully saturated rings. The molecule has 1 aromatic carbocycles. The summed E-state index contributed by atoms with van der Waals surface area (Å²) in [4.78, 5) is 18.5. The number of likely N-dealkylation sites (tertiary alicyclic amines) is 1. The molecule has 6 heteroatoms. The number of nitrogen functional groups attached to an aromatic ring is 1. The van der Waals surface area contributed by atoms with Gasteiger partial charge in [-0.05, 0) is 30.9 Å². The van der Waals surface area contributed by atoms with Crippen molar-refractivity contribution in [3.8, 4) is 0 Å². The van der Waals surface area contributed by atoms with Gasteiger partial charge in [0.2, 0.25) is 0 Å². The van der Waals surface area contributed by atoms with Gasteiger partial charge in [-0.3, -0.25) is 4.79 Å². The number of carbonyl (C=O) groups is 1. The number of aliphatic hydroxyl groups excluding tert-OH is 1. The second-order valence-electron chi connectivity index (χ2n) is 6.05. The largest absolute Gasteiger partial charge is 0.388 e. The molecule has 0 aliphatic carbocycles. The number of amides is 1. The van der Waals surface area contributed by atoms with Crippen LogP contribution in [0.2, 0.25) is 5.02 Å². The van der Waals surface area contributed by atoms with E-state index < -0.39 is 6.10 Å². The number of aromatic nitrogens is 1. The van der Waals surface area contributed by atoms with E-state index in [4.69, 9.17) is 17.3 Å². The Morgan fingerprint density at radius 1 is 1.42 bits per heavy atom. The van der Waals surface area contributed by atoms with Crippen LogP contribution in [0.1, 0.15) is 41.3 Å². The van der Waals surface area contributed by atoms with Gasteiger partial charge in [0.15, 0.2) is 0 Å². The highest BCUT2D eigenvalue weighted by Gasteiger charge is 2.31. The smallest absolute Gasteiger partial charge is 0.255 e. The molecule has 5 nitrogen and oxygen atoms in total. The van der Waals surface area contributed by atoms with E-state index in [1.54, 1.807) is 11.0 Å². The zero-order valence-corrected chi connectivity index (χ0v) is 14.0. The van der Waals surface area contributed by atoms with Gasteiger partial charge in [0.25, 0.3) is 5.91 Å². The summed E-state index contributed by atoms with van der Waals surface area (Å²) in [5.41, 5.74) is 6.89. The molecule has 1 amide bonds. The molecule has 1 aliphatic heterocycles. The van der Waals surface area contributed by atoms with Crippen LogP contribution in [0.25, 0.3) is 0 Å². The highest BCUT2D eigenvalue weighted by Crippen LogP contribution is 2.29. The second-order valence-corrected chi connectivity index (χ2v) is 6.46. The van der Waals surface area contributed by atoms with Crippen LogP contribution in [-0.2, 0) is 0 Å². The van der Waals surface area contributed by atoms with Crippen molar-refractivity contribution in [2.75, 3.05) is 12.3 Å². The van der Waals surface area contributed by atoms with Gasteiger partial charge in [-0.1, -0.05) is 41.9 Å². The zero-order valence-electron chi connectivity index (χ0n) is 13.2. The lowest BCUT2D eigenvalue weighted by molar-refractivity contribution is 0.0666. The Morgan fingerprint density at radius 3 is 2.88 bits per heavy atom. The molecule has 2 aromatic rings. The summed E-state index contributed by atoms with van der Waals surface area (Å²) < 4.78 is 0. The van der Waals surface area contributed by atoms with E-state index in [1.807, 2.05) is 30.3 Å². The van der Waals surface area contributed by atoms with Crippen molar-refractivity contribution >= 4 is 23.3 Å². The Morgan fingerprint density at radius 2 is 2.17 bits per heavy atom. The van der Waals surface area contributed by atoms with Crippen molar-refractivity contribution in [1.29, 1.82) is 0 Å². The highest BCUT2D eigenvalue weighted by molar-refractivity contribution is 6.33. The molecule has 1 aliphatic rings. The molecular weight excluding hydrogens is 326 g/mol. The number of nitrogens with zero attached hydrogens (tertiary/aromatic N) is 2. The van der Waals surface area contributed by atoms with Crippen molar-refractivity contribution in [3.63, 3.8) is 0 Å². The molecule has 24 heavy (non-hydrogen) atoms. The van der Waals surface area contributed by atoms with Gasteiger partial charge in [-0.25, -0.2) is 4.98 Å². The lowest BCUT2D eigenvalue weighted by Gasteiger charge is -2.27. The number of pyridine rings is 1. The first-order chi connectivity index (χ1) is 11.6. The fourth-order valence-corrected chi connectivity index (χ4v) is 3.31. The molecular formula is C18H20ClN3O2. The van der Waals surface area contributed by atoms with Crippen LogP contribution in [-0.4, -0.2) is 33.5 Å². The maximum absolute atomic E-state index is 12.7. The van der Waals surface area contributed by atoms with Crippen LogP contribution in [0.3, 0.4) is 0 Å². The summed E-state index contributed by atoms with van der Waals surface area (Å²) in [7, 11) is 0. The van der Waals surface area contributed by atoms with Gasteiger partial charge < -0.3 is 15.7 Å². The Kier molecular flexibility index (Phi) is 5.02. The molecule has 126 valence electrons. The van der Waals surface area contributed by atoms with Crippen LogP contribution in [0.4, 0.5) is 5.82 Å². The summed E-state index contributed by atoms with van der Waals surface area (Å²) in [6, 6.07) is 11.1. The van der Waals surface area contributed by atoms with E-state index in [9.17, 15) is 9.90 Å². The number of nitrogens with two attached hydrogens (primary N) is 1. The summed E-state index contributed by atoms with van der Waals surface area (Å²) in [6.45, 7) is 0.674. The first-order valence-electron chi connectivity index (χ1n) is 8.01. The number of benzene rings is 1.